The molecule has 0 aromatic heterocycles. The predicted molar refractivity (Wildman–Crippen MR) is 82.7 cm³/mol. The van der Waals surface area contributed by atoms with Gasteiger partial charge in [0.2, 0.25) is 0 Å². The zero-order valence-corrected chi connectivity index (χ0v) is 15.0. The summed E-state index contributed by atoms with van der Waals surface area (Å²) in [7, 11) is 2.44. The molecular formula is C16H26O8. The maximum absolute atomic E-state index is 12.2. The second-order valence-electron chi connectivity index (χ2n) is 5.72. The van der Waals surface area contributed by atoms with Crippen molar-refractivity contribution < 1.29 is 38.1 Å². The maximum atomic E-state index is 12.2. The molecule has 0 saturated carbocycles. The quantitative estimate of drug-likeness (QED) is 0.454. The van der Waals surface area contributed by atoms with E-state index in [1.165, 1.54) is 28.1 Å². The summed E-state index contributed by atoms with van der Waals surface area (Å²) in [5.74, 6) is -3.02. The summed E-state index contributed by atoms with van der Waals surface area (Å²) in [5.41, 5.74) is -1.27. The summed E-state index contributed by atoms with van der Waals surface area (Å²) in [4.78, 5) is 46.3. The highest BCUT2D eigenvalue weighted by atomic mass is 16.6. The van der Waals surface area contributed by atoms with E-state index in [1.54, 1.807) is 13.8 Å². The molecule has 0 spiro atoms. The molecule has 0 radical (unpaired) electrons. The molecule has 0 aromatic rings. The number of rotatable bonds is 9. The van der Waals surface area contributed by atoms with Gasteiger partial charge in [0.05, 0.1) is 32.2 Å². The van der Waals surface area contributed by atoms with E-state index in [0.717, 1.165) is 0 Å². The van der Waals surface area contributed by atoms with E-state index in [1.807, 2.05) is 0 Å². The topological polar surface area (TPSA) is 105 Å². The van der Waals surface area contributed by atoms with Crippen LogP contribution in [0.2, 0.25) is 0 Å². The van der Waals surface area contributed by atoms with E-state index in [-0.39, 0.29) is 19.4 Å². The molecule has 0 aliphatic carbocycles. The van der Waals surface area contributed by atoms with E-state index in [9.17, 15) is 19.2 Å². The molecule has 8 nitrogen and oxygen atoms in total. The first-order chi connectivity index (χ1) is 11.1. The Balaban J connectivity index is 5.33. The molecule has 0 heterocycles. The molecule has 0 N–H and O–H groups in total. The third-order valence-corrected chi connectivity index (χ3v) is 3.89. The van der Waals surface area contributed by atoms with Gasteiger partial charge in [-0.05, 0) is 6.92 Å². The van der Waals surface area contributed by atoms with E-state index in [2.05, 4.69) is 0 Å². The molecule has 0 saturated heterocycles. The largest absolute Gasteiger partial charge is 0.469 e. The van der Waals surface area contributed by atoms with E-state index in [0.29, 0.717) is 0 Å². The van der Waals surface area contributed by atoms with Gasteiger partial charge in [0.1, 0.15) is 6.10 Å². The number of hydrogen-bond donors (Lipinski definition) is 0. The van der Waals surface area contributed by atoms with Gasteiger partial charge in [-0.25, -0.2) is 0 Å². The van der Waals surface area contributed by atoms with E-state index < -0.39 is 41.3 Å². The summed E-state index contributed by atoms with van der Waals surface area (Å²) >= 11 is 0. The Kier molecular flexibility index (Phi) is 9.02. The van der Waals surface area contributed by atoms with Crippen molar-refractivity contribution in [1.29, 1.82) is 0 Å². The second-order valence-corrected chi connectivity index (χ2v) is 5.72. The lowest BCUT2D eigenvalue weighted by Crippen LogP contribution is -2.43. The lowest BCUT2D eigenvalue weighted by atomic mass is 9.73. The Labute approximate surface area is 141 Å². The van der Waals surface area contributed by atoms with Crippen LogP contribution in [-0.2, 0) is 38.1 Å². The van der Waals surface area contributed by atoms with Crippen molar-refractivity contribution in [2.24, 2.45) is 11.3 Å². The minimum atomic E-state index is -1.27. The van der Waals surface area contributed by atoms with Crippen molar-refractivity contribution in [2.75, 3.05) is 20.8 Å². The SMILES string of the molecule is COC(=O)C(C)C(C)(CC(CCOC(C)=O)OC(C)=O)C(=O)OC. The van der Waals surface area contributed by atoms with Crippen molar-refractivity contribution in [3.63, 3.8) is 0 Å². The lowest BCUT2D eigenvalue weighted by molar-refractivity contribution is -0.169. The fourth-order valence-corrected chi connectivity index (χ4v) is 2.35. The molecule has 3 unspecified atom stereocenters. The van der Waals surface area contributed by atoms with E-state index in [4.69, 9.17) is 18.9 Å². The van der Waals surface area contributed by atoms with Crippen molar-refractivity contribution in [2.45, 2.75) is 46.6 Å². The van der Waals surface area contributed by atoms with Gasteiger partial charge in [-0.2, -0.15) is 0 Å². The molecule has 0 rings (SSSR count). The Morgan fingerprint density at radius 2 is 1.58 bits per heavy atom. The molecule has 8 heteroatoms. The number of ether oxygens (including phenoxy) is 4. The smallest absolute Gasteiger partial charge is 0.312 e. The molecule has 0 amide bonds. The number of carbonyl (C=O) groups excluding carboxylic acids is 4. The summed E-state index contributed by atoms with van der Waals surface area (Å²) in [6.45, 7) is 5.61. The van der Waals surface area contributed by atoms with E-state index >= 15 is 0 Å². The van der Waals surface area contributed by atoms with Crippen LogP contribution in [0.4, 0.5) is 0 Å². The third kappa shape index (κ3) is 6.55. The Morgan fingerprint density at radius 1 is 1.00 bits per heavy atom. The third-order valence-electron chi connectivity index (χ3n) is 3.89. The zero-order chi connectivity index (χ0) is 18.9. The van der Waals surface area contributed by atoms with Gasteiger partial charge in [0.15, 0.2) is 0 Å². The van der Waals surface area contributed by atoms with Gasteiger partial charge in [-0.3, -0.25) is 19.2 Å². The molecule has 0 bridgehead atoms. The fraction of sp³-hybridized carbons (Fsp3) is 0.750. The molecule has 3 atom stereocenters. The first kappa shape index (κ1) is 21.9. The van der Waals surface area contributed by atoms with Crippen LogP contribution in [0.3, 0.4) is 0 Å². The maximum Gasteiger partial charge on any atom is 0.312 e. The predicted octanol–water partition coefficient (Wildman–Crippen LogP) is 1.25. The monoisotopic (exact) mass is 346 g/mol. The molecule has 0 aromatic carbocycles. The normalized spacial score (nSPS) is 15.4. The first-order valence-corrected chi connectivity index (χ1v) is 7.55. The summed E-state index contributed by atoms with van der Waals surface area (Å²) in [5, 5.41) is 0. The lowest BCUT2D eigenvalue weighted by Gasteiger charge is -2.34. The van der Waals surface area contributed by atoms with Gasteiger partial charge in [-0.15, -0.1) is 0 Å². The fourth-order valence-electron chi connectivity index (χ4n) is 2.35. The standard InChI is InChI=1S/C16H26O8/c1-10(14(19)21-5)16(4,15(20)22-6)9-13(24-12(3)18)7-8-23-11(2)17/h10,13H,7-9H2,1-6H3. The minimum Gasteiger partial charge on any atom is -0.469 e. The number of hydrogen-bond acceptors (Lipinski definition) is 8. The van der Waals surface area contributed by atoms with Crippen molar-refractivity contribution in [3.8, 4) is 0 Å². The second kappa shape index (κ2) is 9.89. The van der Waals surface area contributed by atoms with Crippen LogP contribution in [0.5, 0.6) is 0 Å². The van der Waals surface area contributed by atoms with Crippen LogP contribution >= 0.6 is 0 Å². The Morgan fingerprint density at radius 3 is 2.00 bits per heavy atom. The summed E-state index contributed by atoms with van der Waals surface area (Å²) in [6.07, 6.45) is -0.505. The van der Waals surface area contributed by atoms with Gasteiger partial charge in [-0.1, -0.05) is 6.92 Å². The van der Waals surface area contributed by atoms with Crippen LogP contribution in [0.15, 0.2) is 0 Å². The first-order valence-electron chi connectivity index (χ1n) is 7.55. The molecule has 0 aliphatic rings. The Hall–Kier alpha value is -2.12. The zero-order valence-electron chi connectivity index (χ0n) is 15.0. The van der Waals surface area contributed by atoms with Crippen LogP contribution in [0.1, 0.15) is 40.5 Å². The van der Waals surface area contributed by atoms with Gasteiger partial charge in [0, 0.05) is 26.7 Å². The summed E-state index contributed by atoms with van der Waals surface area (Å²) in [6, 6.07) is 0. The van der Waals surface area contributed by atoms with Crippen LogP contribution < -0.4 is 0 Å². The van der Waals surface area contributed by atoms with Crippen LogP contribution in [-0.4, -0.2) is 50.8 Å². The Bertz CT molecular complexity index is 473. The van der Waals surface area contributed by atoms with Crippen molar-refractivity contribution in [3.05, 3.63) is 0 Å². The molecule has 0 aliphatic heterocycles. The van der Waals surface area contributed by atoms with Gasteiger partial charge >= 0.3 is 23.9 Å². The average molecular weight is 346 g/mol. The highest BCUT2D eigenvalue weighted by Gasteiger charge is 2.46. The summed E-state index contributed by atoms with van der Waals surface area (Å²) < 4.78 is 19.6. The van der Waals surface area contributed by atoms with Crippen molar-refractivity contribution >= 4 is 23.9 Å². The van der Waals surface area contributed by atoms with Crippen molar-refractivity contribution in [1.82, 2.24) is 0 Å². The van der Waals surface area contributed by atoms with Gasteiger partial charge < -0.3 is 18.9 Å². The molecule has 138 valence electrons. The number of esters is 4. The molecule has 24 heavy (non-hydrogen) atoms. The average Bonchev–Trinajstić information content (AvgIpc) is 2.51. The van der Waals surface area contributed by atoms with Gasteiger partial charge in [0.25, 0.3) is 0 Å². The van der Waals surface area contributed by atoms with Crippen LogP contribution in [0, 0.1) is 11.3 Å². The highest BCUT2D eigenvalue weighted by Crippen LogP contribution is 2.36. The minimum absolute atomic E-state index is 0.0246. The molecule has 0 fully saturated rings. The molecular weight excluding hydrogens is 320 g/mol. The number of carbonyl (C=O) groups is 4. The van der Waals surface area contributed by atoms with Crippen LogP contribution in [0.25, 0.3) is 0 Å². The number of methoxy groups -OCH3 is 2. The highest BCUT2D eigenvalue weighted by molar-refractivity contribution is 5.84.